The Morgan fingerprint density at radius 3 is 2.76 bits per heavy atom. The van der Waals surface area contributed by atoms with E-state index in [-0.39, 0.29) is 5.92 Å². The number of amides is 1. The molecule has 0 aromatic heterocycles. The van der Waals surface area contributed by atoms with Crippen LogP contribution in [0.5, 0.6) is 0 Å². The number of fused-ring (bicyclic) bond motifs is 3. The molecule has 4 N–H and O–H groups in total. The second-order valence-electron chi connectivity index (χ2n) is 7.93. The third kappa shape index (κ3) is 2.80. The third-order valence-electron chi connectivity index (χ3n) is 6.07. The highest BCUT2D eigenvalue weighted by Gasteiger charge is 2.58. The number of primary amides is 1. The van der Waals surface area contributed by atoms with Crippen molar-refractivity contribution in [1.29, 1.82) is 0 Å². The van der Waals surface area contributed by atoms with Crippen LogP contribution in [-0.2, 0) is 11.8 Å². The minimum Gasteiger partial charge on any atom is -0.389 e. The lowest BCUT2D eigenvalue weighted by molar-refractivity contribution is -0.0790. The lowest BCUT2D eigenvalue weighted by atomic mass is 9.51. The van der Waals surface area contributed by atoms with Crippen molar-refractivity contribution < 1.29 is 15.0 Å². The summed E-state index contributed by atoms with van der Waals surface area (Å²) in [6, 6.07) is 5.54. The van der Waals surface area contributed by atoms with E-state index in [0.717, 1.165) is 24.1 Å². The van der Waals surface area contributed by atoms with Crippen molar-refractivity contribution in [2.24, 2.45) is 11.7 Å². The number of aliphatic hydroxyl groups is 2. The molecule has 0 saturated heterocycles. The highest BCUT2D eigenvalue weighted by Crippen LogP contribution is 2.54. The summed E-state index contributed by atoms with van der Waals surface area (Å²) in [5.41, 5.74) is 6.34. The smallest absolute Gasteiger partial charge is 0.248 e. The molecule has 0 heterocycles. The Bertz CT molecular complexity index is 715. The molecule has 136 valence electrons. The van der Waals surface area contributed by atoms with Crippen molar-refractivity contribution in [3.05, 3.63) is 47.0 Å². The highest BCUT2D eigenvalue weighted by atomic mass is 16.3. The summed E-state index contributed by atoms with van der Waals surface area (Å²) in [5, 5.41) is 22.1. The molecule has 0 fully saturated rings. The van der Waals surface area contributed by atoms with Crippen molar-refractivity contribution in [2.45, 2.75) is 43.3 Å². The standard InChI is InChI=1S/C20H28N2O3/c1-13-10-14-4-5-15(18(21)24)11-17(14)19(8-9-22(2)3)12-16(23)6-7-20(13,19)25/h4-7,11,13,16,23,25H,8-10,12H2,1-3H3,(H2,21,24)/t13-,16?,19-,20-/m1/s1. The average molecular weight is 344 g/mol. The van der Waals surface area contributed by atoms with E-state index in [1.54, 1.807) is 18.2 Å². The van der Waals surface area contributed by atoms with Crippen LogP contribution in [0.1, 0.15) is 41.3 Å². The van der Waals surface area contributed by atoms with E-state index in [9.17, 15) is 15.0 Å². The zero-order valence-corrected chi connectivity index (χ0v) is 15.2. The van der Waals surface area contributed by atoms with Crippen LogP contribution in [0.15, 0.2) is 30.4 Å². The molecule has 3 rings (SSSR count). The SMILES string of the molecule is C[C@@H]1Cc2ccc(C(N)=O)cc2[C@@]2(CCN(C)C)CC(O)C=C[C@@]12O. The van der Waals surface area contributed by atoms with Gasteiger partial charge in [0, 0.05) is 11.0 Å². The zero-order valence-electron chi connectivity index (χ0n) is 15.2. The fourth-order valence-corrected chi connectivity index (χ4v) is 4.66. The Morgan fingerprint density at radius 2 is 2.12 bits per heavy atom. The molecule has 0 radical (unpaired) electrons. The summed E-state index contributed by atoms with van der Waals surface area (Å²) >= 11 is 0. The predicted molar refractivity (Wildman–Crippen MR) is 97.4 cm³/mol. The van der Waals surface area contributed by atoms with Gasteiger partial charge >= 0.3 is 0 Å². The number of nitrogens with zero attached hydrogens (tertiary/aromatic N) is 1. The maximum Gasteiger partial charge on any atom is 0.248 e. The number of aliphatic hydroxyl groups excluding tert-OH is 1. The van der Waals surface area contributed by atoms with Crippen LogP contribution in [0.25, 0.3) is 0 Å². The van der Waals surface area contributed by atoms with Gasteiger partial charge in [-0.05, 0) is 69.1 Å². The molecule has 4 atom stereocenters. The molecule has 2 aliphatic rings. The fourth-order valence-electron chi connectivity index (χ4n) is 4.66. The Kier molecular flexibility index (Phi) is 4.52. The minimum atomic E-state index is -1.05. The molecule has 1 aromatic rings. The number of rotatable bonds is 4. The predicted octanol–water partition coefficient (Wildman–Crippen LogP) is 1.22. The van der Waals surface area contributed by atoms with Gasteiger partial charge in [-0.1, -0.05) is 25.1 Å². The van der Waals surface area contributed by atoms with Crippen molar-refractivity contribution in [3.63, 3.8) is 0 Å². The van der Waals surface area contributed by atoms with Crippen molar-refractivity contribution in [3.8, 4) is 0 Å². The first-order valence-corrected chi connectivity index (χ1v) is 8.87. The Labute approximate surface area is 149 Å². The van der Waals surface area contributed by atoms with Gasteiger partial charge in [-0.2, -0.15) is 0 Å². The van der Waals surface area contributed by atoms with E-state index in [2.05, 4.69) is 11.8 Å². The molecule has 0 bridgehead atoms. The lowest BCUT2D eigenvalue weighted by Gasteiger charge is -2.56. The summed E-state index contributed by atoms with van der Waals surface area (Å²) in [5.74, 6) is -0.454. The monoisotopic (exact) mass is 344 g/mol. The average Bonchev–Trinajstić information content (AvgIpc) is 2.55. The summed E-state index contributed by atoms with van der Waals surface area (Å²) in [7, 11) is 4.00. The van der Waals surface area contributed by atoms with Gasteiger partial charge in [-0.25, -0.2) is 0 Å². The van der Waals surface area contributed by atoms with Crippen LogP contribution >= 0.6 is 0 Å². The highest BCUT2D eigenvalue weighted by molar-refractivity contribution is 5.93. The fraction of sp³-hybridized carbons (Fsp3) is 0.550. The van der Waals surface area contributed by atoms with Crippen LogP contribution < -0.4 is 5.73 Å². The lowest BCUT2D eigenvalue weighted by Crippen LogP contribution is -2.61. The molecule has 25 heavy (non-hydrogen) atoms. The quantitative estimate of drug-likeness (QED) is 0.717. The molecule has 0 aliphatic heterocycles. The Hall–Kier alpha value is -1.69. The molecule has 5 heteroatoms. The number of hydrogen-bond acceptors (Lipinski definition) is 4. The van der Waals surface area contributed by atoms with Crippen molar-refractivity contribution in [1.82, 2.24) is 4.90 Å². The molecule has 0 saturated carbocycles. The van der Waals surface area contributed by atoms with E-state index in [0.29, 0.717) is 18.4 Å². The van der Waals surface area contributed by atoms with E-state index in [1.807, 2.05) is 26.2 Å². The van der Waals surface area contributed by atoms with Gasteiger partial charge in [0.1, 0.15) is 0 Å². The molecule has 1 unspecified atom stereocenters. The van der Waals surface area contributed by atoms with Crippen molar-refractivity contribution in [2.75, 3.05) is 20.6 Å². The van der Waals surface area contributed by atoms with Gasteiger partial charge in [0.15, 0.2) is 0 Å². The molecule has 2 aliphatic carbocycles. The van der Waals surface area contributed by atoms with E-state index < -0.39 is 23.0 Å². The molecule has 5 nitrogen and oxygen atoms in total. The molecular formula is C20H28N2O3. The van der Waals surface area contributed by atoms with Gasteiger partial charge in [-0.3, -0.25) is 4.79 Å². The number of benzene rings is 1. The Balaban J connectivity index is 2.23. The van der Waals surface area contributed by atoms with Crippen LogP contribution in [0.4, 0.5) is 0 Å². The van der Waals surface area contributed by atoms with Crippen molar-refractivity contribution >= 4 is 5.91 Å². The minimum absolute atomic E-state index is 0.0188. The molecule has 1 aromatic carbocycles. The van der Waals surface area contributed by atoms with Gasteiger partial charge in [-0.15, -0.1) is 0 Å². The van der Waals surface area contributed by atoms with Gasteiger partial charge in [0.2, 0.25) is 5.91 Å². The number of hydrogen-bond donors (Lipinski definition) is 3. The second-order valence-corrected chi connectivity index (χ2v) is 7.93. The van der Waals surface area contributed by atoms with Gasteiger partial charge in [0.25, 0.3) is 0 Å². The topological polar surface area (TPSA) is 86.8 Å². The van der Waals surface area contributed by atoms with Crippen LogP contribution in [0, 0.1) is 5.92 Å². The van der Waals surface area contributed by atoms with Crippen LogP contribution in [0.2, 0.25) is 0 Å². The van der Waals surface area contributed by atoms with E-state index in [1.165, 1.54) is 0 Å². The normalized spacial score (nSPS) is 33.8. The first-order valence-electron chi connectivity index (χ1n) is 8.87. The summed E-state index contributed by atoms with van der Waals surface area (Å²) < 4.78 is 0. The van der Waals surface area contributed by atoms with Crippen LogP contribution in [-0.4, -0.2) is 53.4 Å². The summed E-state index contributed by atoms with van der Waals surface area (Å²) in [6.07, 6.45) is 4.73. The summed E-state index contributed by atoms with van der Waals surface area (Å²) in [6.45, 7) is 2.83. The first-order chi connectivity index (χ1) is 11.7. The number of nitrogens with two attached hydrogens (primary N) is 1. The molecule has 0 spiro atoms. The van der Waals surface area contributed by atoms with Gasteiger partial charge < -0.3 is 20.8 Å². The number of carbonyl (C=O) groups is 1. The maximum absolute atomic E-state index is 11.7. The summed E-state index contributed by atoms with van der Waals surface area (Å²) in [4.78, 5) is 13.8. The van der Waals surface area contributed by atoms with E-state index in [4.69, 9.17) is 5.73 Å². The number of carbonyl (C=O) groups excluding carboxylic acids is 1. The van der Waals surface area contributed by atoms with Crippen LogP contribution in [0.3, 0.4) is 0 Å². The first kappa shape index (κ1) is 18.1. The third-order valence-corrected chi connectivity index (χ3v) is 6.07. The second kappa shape index (κ2) is 6.24. The zero-order chi connectivity index (χ0) is 18.4. The Morgan fingerprint density at radius 1 is 1.40 bits per heavy atom. The molecular weight excluding hydrogens is 316 g/mol. The van der Waals surface area contributed by atoms with Gasteiger partial charge in [0.05, 0.1) is 11.7 Å². The largest absolute Gasteiger partial charge is 0.389 e. The maximum atomic E-state index is 11.7. The van der Waals surface area contributed by atoms with E-state index >= 15 is 0 Å². The molecule has 1 amide bonds.